The zero-order valence-corrected chi connectivity index (χ0v) is 18.2. The third-order valence-corrected chi connectivity index (χ3v) is 5.66. The largest absolute Gasteiger partial charge is 0.352 e. The van der Waals surface area contributed by atoms with E-state index in [1.165, 1.54) is 16.7 Å². The van der Waals surface area contributed by atoms with E-state index in [9.17, 15) is 9.59 Å². The first-order valence-electron chi connectivity index (χ1n) is 10.5. The van der Waals surface area contributed by atoms with Crippen LogP contribution in [-0.2, 0) is 16.1 Å². The van der Waals surface area contributed by atoms with E-state index in [-0.39, 0.29) is 24.2 Å². The van der Waals surface area contributed by atoms with Crippen molar-refractivity contribution in [3.8, 4) is 0 Å². The molecule has 0 aliphatic carbocycles. The molecule has 1 aliphatic heterocycles. The molecular formula is C25H32N2O2. The number of anilines is 1. The van der Waals surface area contributed by atoms with Crippen LogP contribution in [0.5, 0.6) is 0 Å². The van der Waals surface area contributed by atoms with Crippen molar-refractivity contribution in [1.82, 2.24) is 5.32 Å². The highest BCUT2D eigenvalue weighted by Crippen LogP contribution is 2.38. The molecule has 4 heteroatoms. The summed E-state index contributed by atoms with van der Waals surface area (Å²) in [6.45, 7) is 11.6. The number of carbonyl (C=O) groups excluding carboxylic acids is 2. The van der Waals surface area contributed by atoms with Crippen LogP contribution in [0.15, 0.2) is 42.5 Å². The van der Waals surface area contributed by atoms with Gasteiger partial charge in [0.2, 0.25) is 11.8 Å². The lowest BCUT2D eigenvalue weighted by Crippen LogP contribution is -2.33. The third-order valence-electron chi connectivity index (χ3n) is 5.66. The summed E-state index contributed by atoms with van der Waals surface area (Å²) in [7, 11) is 0. The Labute approximate surface area is 174 Å². The van der Waals surface area contributed by atoms with E-state index in [4.69, 9.17) is 0 Å². The quantitative estimate of drug-likeness (QED) is 0.759. The van der Waals surface area contributed by atoms with Gasteiger partial charge in [0.25, 0.3) is 0 Å². The van der Waals surface area contributed by atoms with Crippen molar-refractivity contribution >= 4 is 17.5 Å². The summed E-state index contributed by atoms with van der Waals surface area (Å²) in [6, 6.07) is 14.4. The summed E-state index contributed by atoms with van der Waals surface area (Å²) in [5.41, 5.74) is 5.60. The fourth-order valence-corrected chi connectivity index (χ4v) is 4.08. The standard InChI is InChI=1S/C25H32N2O2/c1-16(2)21-10-7-11-22(17(3)4)24(21)27-15-20(13-23(27)28)25(29)26-14-19-9-6-8-18(5)12-19/h6-12,16-17,20H,13-15H2,1-5H3,(H,26,29). The molecule has 4 nitrogen and oxygen atoms in total. The van der Waals surface area contributed by atoms with E-state index >= 15 is 0 Å². The van der Waals surface area contributed by atoms with Crippen LogP contribution in [-0.4, -0.2) is 18.4 Å². The molecule has 0 bridgehead atoms. The second kappa shape index (κ2) is 8.81. The average Bonchev–Trinajstić information content (AvgIpc) is 3.07. The van der Waals surface area contributed by atoms with Crippen LogP contribution in [0.4, 0.5) is 5.69 Å². The predicted molar refractivity (Wildman–Crippen MR) is 118 cm³/mol. The SMILES string of the molecule is Cc1cccc(CNC(=O)C2CC(=O)N(c3c(C(C)C)cccc3C(C)C)C2)c1. The molecular weight excluding hydrogens is 360 g/mol. The molecule has 2 amide bonds. The van der Waals surface area contributed by atoms with Gasteiger partial charge < -0.3 is 10.2 Å². The molecule has 29 heavy (non-hydrogen) atoms. The molecule has 0 aromatic heterocycles. The number of aryl methyl sites for hydroxylation is 1. The van der Waals surface area contributed by atoms with Crippen molar-refractivity contribution < 1.29 is 9.59 Å². The Morgan fingerprint density at radius 1 is 1.07 bits per heavy atom. The molecule has 2 aromatic rings. The Bertz CT molecular complexity index is 875. The lowest BCUT2D eigenvalue weighted by Gasteiger charge is -2.27. The molecule has 1 aliphatic rings. The van der Waals surface area contributed by atoms with Crippen molar-refractivity contribution in [2.24, 2.45) is 5.92 Å². The molecule has 1 heterocycles. The van der Waals surface area contributed by atoms with Gasteiger partial charge >= 0.3 is 0 Å². The van der Waals surface area contributed by atoms with Gasteiger partial charge in [0.05, 0.1) is 11.6 Å². The van der Waals surface area contributed by atoms with E-state index in [1.807, 2.05) is 30.0 Å². The number of amides is 2. The molecule has 0 saturated carbocycles. The number of nitrogens with one attached hydrogen (secondary N) is 1. The van der Waals surface area contributed by atoms with Crippen molar-refractivity contribution in [2.45, 2.75) is 59.4 Å². The zero-order valence-electron chi connectivity index (χ0n) is 18.2. The molecule has 3 rings (SSSR count). The van der Waals surface area contributed by atoms with Crippen molar-refractivity contribution in [3.05, 3.63) is 64.7 Å². The van der Waals surface area contributed by atoms with E-state index < -0.39 is 0 Å². The Kier molecular flexibility index (Phi) is 6.41. The highest BCUT2D eigenvalue weighted by Gasteiger charge is 2.37. The fraction of sp³-hybridized carbons (Fsp3) is 0.440. The van der Waals surface area contributed by atoms with Crippen molar-refractivity contribution in [1.29, 1.82) is 0 Å². The van der Waals surface area contributed by atoms with Gasteiger partial charge in [-0.05, 0) is 35.4 Å². The first kappa shape index (κ1) is 21.1. The number of para-hydroxylation sites is 1. The maximum Gasteiger partial charge on any atom is 0.227 e. The summed E-state index contributed by atoms with van der Waals surface area (Å²) in [4.78, 5) is 27.5. The Morgan fingerprint density at radius 2 is 1.69 bits per heavy atom. The van der Waals surface area contributed by atoms with Crippen LogP contribution in [0.1, 0.15) is 68.2 Å². The van der Waals surface area contributed by atoms with Crippen LogP contribution < -0.4 is 10.2 Å². The molecule has 154 valence electrons. The maximum atomic E-state index is 12.9. The molecule has 1 N–H and O–H groups in total. The normalized spacial score (nSPS) is 16.7. The predicted octanol–water partition coefficient (Wildman–Crippen LogP) is 4.91. The fourth-order valence-electron chi connectivity index (χ4n) is 4.08. The number of benzene rings is 2. The molecule has 1 unspecified atom stereocenters. The molecule has 1 fully saturated rings. The monoisotopic (exact) mass is 392 g/mol. The van der Waals surface area contributed by atoms with Crippen LogP contribution in [0.3, 0.4) is 0 Å². The van der Waals surface area contributed by atoms with Crippen LogP contribution >= 0.6 is 0 Å². The van der Waals surface area contributed by atoms with Gasteiger partial charge in [-0.2, -0.15) is 0 Å². The van der Waals surface area contributed by atoms with Gasteiger partial charge in [0.1, 0.15) is 0 Å². The Hall–Kier alpha value is -2.62. The summed E-state index contributed by atoms with van der Waals surface area (Å²) in [5, 5.41) is 3.02. The van der Waals surface area contributed by atoms with Gasteiger partial charge in [-0.3, -0.25) is 9.59 Å². The maximum absolute atomic E-state index is 12.9. The number of hydrogen-bond acceptors (Lipinski definition) is 2. The second-order valence-corrected chi connectivity index (χ2v) is 8.71. The Balaban J connectivity index is 1.77. The zero-order chi connectivity index (χ0) is 21.1. The molecule has 2 aromatic carbocycles. The Morgan fingerprint density at radius 3 is 2.28 bits per heavy atom. The lowest BCUT2D eigenvalue weighted by atomic mass is 9.92. The van der Waals surface area contributed by atoms with E-state index in [2.05, 4.69) is 57.3 Å². The van der Waals surface area contributed by atoms with Crippen LogP contribution in [0, 0.1) is 12.8 Å². The average molecular weight is 393 g/mol. The minimum atomic E-state index is -0.312. The minimum absolute atomic E-state index is 0.0377. The molecule has 1 atom stereocenters. The lowest BCUT2D eigenvalue weighted by molar-refractivity contribution is -0.126. The smallest absolute Gasteiger partial charge is 0.227 e. The summed E-state index contributed by atoms with van der Waals surface area (Å²) >= 11 is 0. The number of rotatable bonds is 6. The molecule has 1 saturated heterocycles. The van der Waals surface area contributed by atoms with Crippen molar-refractivity contribution in [3.63, 3.8) is 0 Å². The second-order valence-electron chi connectivity index (χ2n) is 8.71. The van der Waals surface area contributed by atoms with E-state index in [0.717, 1.165) is 11.3 Å². The van der Waals surface area contributed by atoms with Gasteiger partial charge in [0.15, 0.2) is 0 Å². The van der Waals surface area contributed by atoms with Gasteiger partial charge in [-0.25, -0.2) is 0 Å². The summed E-state index contributed by atoms with van der Waals surface area (Å²) in [6.07, 6.45) is 0.267. The van der Waals surface area contributed by atoms with Crippen molar-refractivity contribution in [2.75, 3.05) is 11.4 Å². The van der Waals surface area contributed by atoms with Gasteiger partial charge in [-0.1, -0.05) is 75.7 Å². The van der Waals surface area contributed by atoms with Crippen LogP contribution in [0.25, 0.3) is 0 Å². The van der Waals surface area contributed by atoms with Gasteiger partial charge in [-0.15, -0.1) is 0 Å². The third kappa shape index (κ3) is 4.69. The number of hydrogen-bond donors (Lipinski definition) is 1. The molecule has 0 radical (unpaired) electrons. The topological polar surface area (TPSA) is 49.4 Å². The van der Waals surface area contributed by atoms with Crippen LogP contribution in [0.2, 0.25) is 0 Å². The van der Waals surface area contributed by atoms with E-state index in [1.54, 1.807) is 0 Å². The highest BCUT2D eigenvalue weighted by molar-refractivity contribution is 6.01. The first-order valence-corrected chi connectivity index (χ1v) is 10.5. The number of nitrogens with zero attached hydrogens (tertiary/aromatic N) is 1. The van der Waals surface area contributed by atoms with E-state index in [0.29, 0.717) is 24.9 Å². The first-order chi connectivity index (χ1) is 13.8. The number of carbonyl (C=O) groups is 2. The summed E-state index contributed by atoms with van der Waals surface area (Å²) in [5.74, 6) is 0.301. The highest BCUT2D eigenvalue weighted by atomic mass is 16.2. The summed E-state index contributed by atoms with van der Waals surface area (Å²) < 4.78 is 0. The van der Waals surface area contributed by atoms with Gasteiger partial charge in [0, 0.05) is 19.5 Å². The molecule has 0 spiro atoms. The minimum Gasteiger partial charge on any atom is -0.352 e.